The quantitative estimate of drug-likeness (QED) is 0.819. The Morgan fingerprint density at radius 1 is 1.21 bits per heavy atom. The van der Waals surface area contributed by atoms with Gasteiger partial charge in [-0.1, -0.05) is 6.07 Å². The van der Waals surface area contributed by atoms with Crippen LogP contribution in [-0.4, -0.2) is 11.0 Å². The first-order valence-electron chi connectivity index (χ1n) is 6.40. The Morgan fingerprint density at radius 3 is 2.89 bits per heavy atom. The number of pyridine rings is 1. The van der Waals surface area contributed by atoms with Crippen LogP contribution in [0.2, 0.25) is 0 Å². The second kappa shape index (κ2) is 5.88. The topological polar surface area (TPSA) is 34.1 Å². The van der Waals surface area contributed by atoms with Crippen LogP contribution in [-0.2, 0) is 6.54 Å². The van der Waals surface area contributed by atoms with Gasteiger partial charge >= 0.3 is 0 Å². The molecule has 1 saturated carbocycles. The van der Waals surface area contributed by atoms with E-state index in [0.717, 1.165) is 27.2 Å². The van der Waals surface area contributed by atoms with E-state index in [1.54, 1.807) is 6.20 Å². The van der Waals surface area contributed by atoms with Crippen molar-refractivity contribution in [3.8, 4) is 11.5 Å². The average molecular weight is 366 g/mol. The Kier molecular flexibility index (Phi) is 3.98. The number of rotatable bonds is 5. The van der Waals surface area contributed by atoms with Gasteiger partial charge in [0.2, 0.25) is 0 Å². The average Bonchev–Trinajstić information content (AvgIpc) is 3.21. The van der Waals surface area contributed by atoms with Gasteiger partial charge in [0.15, 0.2) is 0 Å². The molecule has 4 heteroatoms. The van der Waals surface area contributed by atoms with Crippen LogP contribution in [0.5, 0.6) is 11.5 Å². The summed E-state index contributed by atoms with van der Waals surface area (Å²) in [6.45, 7) is 0.862. The maximum absolute atomic E-state index is 5.83. The summed E-state index contributed by atoms with van der Waals surface area (Å²) in [6.07, 6.45) is 6.23. The van der Waals surface area contributed by atoms with Crippen LogP contribution in [0, 0.1) is 3.57 Å². The number of hydrogen-bond donors (Lipinski definition) is 1. The number of ether oxygens (including phenoxy) is 1. The van der Waals surface area contributed by atoms with E-state index < -0.39 is 0 Å². The van der Waals surface area contributed by atoms with Gasteiger partial charge in [-0.3, -0.25) is 4.98 Å². The Hall–Kier alpha value is -1.14. The van der Waals surface area contributed by atoms with Crippen molar-refractivity contribution in [2.75, 3.05) is 0 Å². The number of hydrogen-bond acceptors (Lipinski definition) is 3. The molecular formula is C15H15IN2O. The van der Waals surface area contributed by atoms with Gasteiger partial charge in [0, 0.05) is 22.4 Å². The lowest BCUT2D eigenvalue weighted by molar-refractivity contribution is 0.478. The molecule has 2 aromatic rings. The lowest BCUT2D eigenvalue weighted by Crippen LogP contribution is -2.15. The number of nitrogens with zero attached hydrogens (tertiary/aromatic N) is 1. The van der Waals surface area contributed by atoms with E-state index in [-0.39, 0.29) is 0 Å². The van der Waals surface area contributed by atoms with Gasteiger partial charge in [-0.15, -0.1) is 0 Å². The lowest BCUT2D eigenvalue weighted by Gasteiger charge is -2.08. The molecule has 19 heavy (non-hydrogen) atoms. The number of halogens is 1. The molecule has 3 nitrogen and oxygen atoms in total. The molecular weight excluding hydrogens is 351 g/mol. The van der Waals surface area contributed by atoms with E-state index in [0.29, 0.717) is 6.04 Å². The second-order valence-electron chi connectivity index (χ2n) is 4.74. The fraction of sp³-hybridized carbons (Fsp3) is 0.267. The summed E-state index contributed by atoms with van der Waals surface area (Å²) in [5.74, 6) is 1.64. The minimum atomic E-state index is 0.709. The maximum atomic E-state index is 5.83. The van der Waals surface area contributed by atoms with E-state index in [4.69, 9.17) is 4.74 Å². The van der Waals surface area contributed by atoms with Crippen LogP contribution in [0.1, 0.15) is 18.4 Å². The second-order valence-corrected chi connectivity index (χ2v) is 5.99. The SMILES string of the molecule is Ic1cccc(Oc2cncc(CNC3CC3)c2)c1. The van der Waals surface area contributed by atoms with Gasteiger partial charge in [0.25, 0.3) is 0 Å². The van der Waals surface area contributed by atoms with Gasteiger partial charge in [-0.2, -0.15) is 0 Å². The molecule has 0 aliphatic heterocycles. The van der Waals surface area contributed by atoms with Crippen LogP contribution in [0.3, 0.4) is 0 Å². The van der Waals surface area contributed by atoms with Gasteiger partial charge in [-0.05, 0) is 65.3 Å². The lowest BCUT2D eigenvalue weighted by atomic mass is 10.2. The van der Waals surface area contributed by atoms with E-state index >= 15 is 0 Å². The molecule has 0 atom stereocenters. The number of nitrogens with one attached hydrogen (secondary N) is 1. The van der Waals surface area contributed by atoms with Gasteiger partial charge in [-0.25, -0.2) is 0 Å². The predicted octanol–water partition coefficient (Wildman–Crippen LogP) is 3.73. The molecule has 0 saturated heterocycles. The first-order chi connectivity index (χ1) is 9.29. The molecule has 1 aliphatic carbocycles. The Bertz CT molecular complexity index is 570. The molecule has 1 fully saturated rings. The van der Waals surface area contributed by atoms with Crippen LogP contribution in [0.4, 0.5) is 0 Å². The number of benzene rings is 1. The third kappa shape index (κ3) is 3.91. The zero-order chi connectivity index (χ0) is 13.1. The van der Waals surface area contributed by atoms with Crippen LogP contribution < -0.4 is 10.1 Å². The van der Waals surface area contributed by atoms with Crippen LogP contribution in [0.15, 0.2) is 42.7 Å². The fourth-order valence-corrected chi connectivity index (χ4v) is 2.35. The normalized spacial score (nSPS) is 14.4. The molecule has 98 valence electrons. The molecule has 1 N–H and O–H groups in total. The van der Waals surface area contributed by atoms with E-state index in [9.17, 15) is 0 Å². The zero-order valence-electron chi connectivity index (χ0n) is 10.5. The molecule has 1 heterocycles. The van der Waals surface area contributed by atoms with Crippen molar-refractivity contribution < 1.29 is 4.74 Å². The molecule has 0 radical (unpaired) electrons. The highest BCUT2D eigenvalue weighted by Gasteiger charge is 2.19. The molecule has 0 spiro atoms. The van der Waals surface area contributed by atoms with Crippen molar-refractivity contribution in [2.24, 2.45) is 0 Å². The summed E-state index contributed by atoms with van der Waals surface area (Å²) in [4.78, 5) is 4.23. The van der Waals surface area contributed by atoms with E-state index in [2.05, 4.69) is 32.9 Å². The summed E-state index contributed by atoms with van der Waals surface area (Å²) in [5, 5.41) is 3.48. The van der Waals surface area contributed by atoms with Crippen LogP contribution in [0.25, 0.3) is 0 Å². The van der Waals surface area contributed by atoms with E-state index in [1.165, 1.54) is 12.8 Å². The summed E-state index contributed by atoms with van der Waals surface area (Å²) in [7, 11) is 0. The van der Waals surface area contributed by atoms with Crippen molar-refractivity contribution in [3.63, 3.8) is 0 Å². The third-order valence-corrected chi connectivity index (χ3v) is 3.64. The monoisotopic (exact) mass is 366 g/mol. The Morgan fingerprint density at radius 2 is 2.11 bits per heavy atom. The van der Waals surface area contributed by atoms with Crippen molar-refractivity contribution in [1.29, 1.82) is 0 Å². The van der Waals surface area contributed by atoms with Crippen molar-refractivity contribution in [2.45, 2.75) is 25.4 Å². The minimum absolute atomic E-state index is 0.709. The zero-order valence-corrected chi connectivity index (χ0v) is 12.6. The number of aromatic nitrogens is 1. The summed E-state index contributed by atoms with van der Waals surface area (Å²) < 4.78 is 6.99. The highest BCUT2D eigenvalue weighted by Crippen LogP contribution is 2.23. The summed E-state index contributed by atoms with van der Waals surface area (Å²) in [5.41, 5.74) is 1.16. The van der Waals surface area contributed by atoms with Gasteiger partial charge < -0.3 is 10.1 Å². The molecule has 0 unspecified atom stereocenters. The molecule has 1 aromatic heterocycles. The Balaban J connectivity index is 1.67. The minimum Gasteiger partial charge on any atom is -0.456 e. The molecule has 0 bridgehead atoms. The first-order valence-corrected chi connectivity index (χ1v) is 7.48. The van der Waals surface area contributed by atoms with Crippen molar-refractivity contribution in [1.82, 2.24) is 10.3 Å². The maximum Gasteiger partial charge on any atom is 0.146 e. The fourth-order valence-electron chi connectivity index (χ4n) is 1.83. The van der Waals surface area contributed by atoms with Crippen LogP contribution >= 0.6 is 22.6 Å². The predicted molar refractivity (Wildman–Crippen MR) is 83.3 cm³/mol. The standard InChI is InChI=1S/C15H15IN2O/c16-12-2-1-3-14(7-12)19-15-6-11(8-17-10-15)9-18-13-4-5-13/h1-3,6-8,10,13,18H,4-5,9H2. The smallest absolute Gasteiger partial charge is 0.146 e. The highest BCUT2D eigenvalue weighted by molar-refractivity contribution is 14.1. The molecule has 0 amide bonds. The van der Waals surface area contributed by atoms with Crippen molar-refractivity contribution in [3.05, 3.63) is 51.9 Å². The first kappa shape index (κ1) is 12.9. The van der Waals surface area contributed by atoms with Crippen molar-refractivity contribution >= 4 is 22.6 Å². The third-order valence-electron chi connectivity index (χ3n) is 2.97. The summed E-state index contributed by atoms with van der Waals surface area (Å²) >= 11 is 2.28. The summed E-state index contributed by atoms with van der Waals surface area (Å²) in [6, 6.07) is 10.8. The molecule has 1 aromatic carbocycles. The van der Waals surface area contributed by atoms with E-state index in [1.807, 2.05) is 36.5 Å². The molecule has 1 aliphatic rings. The Labute approximate surface area is 126 Å². The van der Waals surface area contributed by atoms with Gasteiger partial charge in [0.05, 0.1) is 6.20 Å². The highest BCUT2D eigenvalue weighted by atomic mass is 127. The van der Waals surface area contributed by atoms with Gasteiger partial charge in [0.1, 0.15) is 11.5 Å². The largest absolute Gasteiger partial charge is 0.456 e. The molecule has 3 rings (SSSR count).